The SMILES string of the molecule is N#Cc1cccc(-c2c(-c3ccc4c(c3)oc3ccccc34)cccc2-c2ccc3c(c2)oc2ccccc23)c1. The van der Waals surface area contributed by atoms with Gasteiger partial charge in [-0.2, -0.15) is 5.26 Å². The van der Waals surface area contributed by atoms with Crippen molar-refractivity contribution in [1.29, 1.82) is 5.26 Å². The van der Waals surface area contributed by atoms with Crippen LogP contribution in [0.4, 0.5) is 0 Å². The Morgan fingerprint density at radius 2 is 0.950 bits per heavy atom. The molecule has 0 aliphatic heterocycles. The molecule has 2 aromatic heterocycles. The maximum Gasteiger partial charge on any atom is 0.136 e. The molecule has 0 saturated carbocycles. The van der Waals surface area contributed by atoms with Crippen molar-refractivity contribution in [2.45, 2.75) is 0 Å². The van der Waals surface area contributed by atoms with Gasteiger partial charge in [-0.1, -0.05) is 78.9 Å². The van der Waals surface area contributed by atoms with Crippen molar-refractivity contribution in [3.8, 4) is 39.4 Å². The summed E-state index contributed by atoms with van der Waals surface area (Å²) in [6, 6.07) is 45.6. The highest BCUT2D eigenvalue weighted by Gasteiger charge is 2.17. The molecule has 0 fully saturated rings. The molecule has 0 aliphatic carbocycles. The lowest BCUT2D eigenvalue weighted by Crippen LogP contribution is -1.91. The largest absolute Gasteiger partial charge is 0.456 e. The van der Waals surface area contributed by atoms with Gasteiger partial charge in [0.05, 0.1) is 11.6 Å². The molecule has 0 aliphatic rings. The van der Waals surface area contributed by atoms with E-state index in [2.05, 4.69) is 78.9 Å². The van der Waals surface area contributed by atoms with Crippen LogP contribution >= 0.6 is 0 Å². The van der Waals surface area contributed by atoms with E-state index in [1.807, 2.05) is 54.6 Å². The van der Waals surface area contributed by atoms with E-state index < -0.39 is 0 Å². The predicted octanol–water partition coefficient (Wildman–Crippen LogP) is 10.4. The molecule has 8 rings (SSSR count). The highest BCUT2D eigenvalue weighted by Crippen LogP contribution is 2.43. The Balaban J connectivity index is 1.38. The van der Waals surface area contributed by atoms with Gasteiger partial charge >= 0.3 is 0 Å². The van der Waals surface area contributed by atoms with E-state index in [1.165, 1.54) is 0 Å². The van der Waals surface area contributed by atoms with Crippen LogP contribution in [0.25, 0.3) is 77.3 Å². The van der Waals surface area contributed by atoms with Crippen molar-refractivity contribution in [2.75, 3.05) is 0 Å². The average Bonchev–Trinajstić information content (AvgIpc) is 3.58. The second-order valence-corrected chi connectivity index (χ2v) is 10.0. The molecular weight excluding hydrogens is 490 g/mol. The van der Waals surface area contributed by atoms with Crippen molar-refractivity contribution in [3.63, 3.8) is 0 Å². The summed E-state index contributed by atoms with van der Waals surface area (Å²) in [7, 11) is 0. The van der Waals surface area contributed by atoms with Crippen LogP contribution in [0, 0.1) is 11.3 Å². The second kappa shape index (κ2) is 8.73. The van der Waals surface area contributed by atoms with Gasteiger partial charge in [0, 0.05) is 21.5 Å². The molecule has 0 N–H and O–H groups in total. The Morgan fingerprint density at radius 3 is 1.52 bits per heavy atom. The van der Waals surface area contributed by atoms with Gasteiger partial charge in [0.2, 0.25) is 0 Å². The highest BCUT2D eigenvalue weighted by atomic mass is 16.3. The summed E-state index contributed by atoms with van der Waals surface area (Å²) in [5.41, 5.74) is 10.4. The van der Waals surface area contributed by atoms with Crippen LogP contribution in [0.3, 0.4) is 0 Å². The van der Waals surface area contributed by atoms with Crippen molar-refractivity contribution in [2.24, 2.45) is 0 Å². The van der Waals surface area contributed by atoms with Crippen molar-refractivity contribution >= 4 is 43.9 Å². The van der Waals surface area contributed by atoms with Crippen LogP contribution in [-0.4, -0.2) is 0 Å². The quantitative estimate of drug-likeness (QED) is 0.237. The van der Waals surface area contributed by atoms with Gasteiger partial charge in [0.1, 0.15) is 22.3 Å². The monoisotopic (exact) mass is 511 g/mol. The zero-order valence-electron chi connectivity index (χ0n) is 21.4. The third-order valence-electron chi connectivity index (χ3n) is 7.72. The Morgan fingerprint density at radius 1 is 0.425 bits per heavy atom. The number of nitriles is 1. The topological polar surface area (TPSA) is 50.1 Å². The van der Waals surface area contributed by atoms with Gasteiger partial charge in [-0.15, -0.1) is 0 Å². The minimum atomic E-state index is 0.624. The fourth-order valence-electron chi connectivity index (χ4n) is 5.88. The van der Waals surface area contributed by atoms with Gasteiger partial charge in [-0.3, -0.25) is 0 Å². The Kier molecular flexibility index (Phi) is 4.89. The smallest absolute Gasteiger partial charge is 0.136 e. The number of furan rings is 2. The first-order valence-corrected chi connectivity index (χ1v) is 13.2. The molecule has 40 heavy (non-hydrogen) atoms. The standard InChI is InChI=1S/C37H21NO2/c38-22-23-7-5-8-26(19-23)37-27(24-15-17-31-29-9-1-3-13-33(29)39-35(31)20-24)11-6-12-28(37)25-16-18-32-30-10-2-4-14-34(30)40-36(32)21-25/h1-21H. The molecule has 0 amide bonds. The van der Waals surface area contributed by atoms with Crippen LogP contribution in [0.2, 0.25) is 0 Å². The summed E-state index contributed by atoms with van der Waals surface area (Å²) in [6.07, 6.45) is 0. The van der Waals surface area contributed by atoms with E-state index >= 15 is 0 Å². The van der Waals surface area contributed by atoms with E-state index in [4.69, 9.17) is 8.83 Å². The molecular formula is C37H21NO2. The number of para-hydroxylation sites is 2. The number of rotatable bonds is 3. The summed E-state index contributed by atoms with van der Waals surface area (Å²) < 4.78 is 12.5. The maximum atomic E-state index is 9.68. The van der Waals surface area contributed by atoms with Gasteiger partial charge in [-0.05, 0) is 81.9 Å². The summed E-state index contributed by atoms with van der Waals surface area (Å²) in [5.74, 6) is 0. The number of benzene rings is 6. The lowest BCUT2D eigenvalue weighted by Gasteiger charge is -2.16. The molecule has 186 valence electrons. The minimum Gasteiger partial charge on any atom is -0.456 e. The van der Waals surface area contributed by atoms with E-state index in [0.29, 0.717) is 5.56 Å². The van der Waals surface area contributed by atoms with E-state index in [1.54, 1.807) is 0 Å². The summed E-state index contributed by atoms with van der Waals surface area (Å²) in [4.78, 5) is 0. The molecule has 3 nitrogen and oxygen atoms in total. The summed E-state index contributed by atoms with van der Waals surface area (Å²) >= 11 is 0. The van der Waals surface area contributed by atoms with Crippen LogP contribution in [0.1, 0.15) is 5.56 Å². The van der Waals surface area contributed by atoms with E-state index in [9.17, 15) is 5.26 Å². The lowest BCUT2D eigenvalue weighted by atomic mass is 9.87. The van der Waals surface area contributed by atoms with Crippen molar-refractivity contribution in [3.05, 3.63) is 133 Å². The molecule has 0 atom stereocenters. The van der Waals surface area contributed by atoms with E-state index in [-0.39, 0.29) is 0 Å². The summed E-state index contributed by atoms with van der Waals surface area (Å²) in [5, 5.41) is 14.1. The molecule has 0 saturated heterocycles. The van der Waals surface area contributed by atoms with Gasteiger partial charge in [0.25, 0.3) is 0 Å². The summed E-state index contributed by atoms with van der Waals surface area (Å²) in [6.45, 7) is 0. The van der Waals surface area contributed by atoms with Gasteiger partial charge < -0.3 is 8.83 Å². The fraction of sp³-hybridized carbons (Fsp3) is 0. The third kappa shape index (κ3) is 3.44. The molecule has 0 unspecified atom stereocenters. The Bertz CT molecular complexity index is 2160. The van der Waals surface area contributed by atoms with E-state index in [0.717, 1.165) is 77.3 Å². The molecule has 0 bridgehead atoms. The number of fused-ring (bicyclic) bond motifs is 6. The number of nitrogens with zero attached hydrogens (tertiary/aromatic N) is 1. The zero-order valence-corrected chi connectivity index (χ0v) is 21.4. The van der Waals surface area contributed by atoms with Crippen molar-refractivity contribution < 1.29 is 8.83 Å². The third-order valence-corrected chi connectivity index (χ3v) is 7.72. The van der Waals surface area contributed by atoms with Gasteiger partial charge in [-0.25, -0.2) is 0 Å². The Labute approximate surface area is 230 Å². The van der Waals surface area contributed by atoms with Crippen LogP contribution in [-0.2, 0) is 0 Å². The molecule has 0 spiro atoms. The average molecular weight is 512 g/mol. The maximum absolute atomic E-state index is 9.68. The number of hydrogen-bond donors (Lipinski definition) is 0. The first kappa shape index (κ1) is 22.4. The van der Waals surface area contributed by atoms with Crippen LogP contribution in [0.5, 0.6) is 0 Å². The highest BCUT2D eigenvalue weighted by molar-refractivity contribution is 6.08. The van der Waals surface area contributed by atoms with Crippen molar-refractivity contribution in [1.82, 2.24) is 0 Å². The minimum absolute atomic E-state index is 0.624. The first-order chi connectivity index (χ1) is 19.8. The predicted molar refractivity (Wildman–Crippen MR) is 162 cm³/mol. The van der Waals surface area contributed by atoms with Gasteiger partial charge in [0.15, 0.2) is 0 Å². The normalized spacial score (nSPS) is 11.5. The van der Waals surface area contributed by atoms with Crippen LogP contribution in [0.15, 0.2) is 136 Å². The fourth-order valence-corrected chi connectivity index (χ4v) is 5.88. The molecule has 2 heterocycles. The molecule has 6 aromatic carbocycles. The van der Waals surface area contributed by atoms with Crippen LogP contribution < -0.4 is 0 Å². The molecule has 3 heteroatoms. The Hall–Kier alpha value is -5.59. The zero-order chi connectivity index (χ0) is 26.6. The molecule has 8 aromatic rings. The number of hydrogen-bond acceptors (Lipinski definition) is 3. The molecule has 0 radical (unpaired) electrons. The first-order valence-electron chi connectivity index (χ1n) is 13.2. The second-order valence-electron chi connectivity index (χ2n) is 10.0. The lowest BCUT2D eigenvalue weighted by molar-refractivity contribution is 0.668.